The van der Waals surface area contributed by atoms with Crippen LogP contribution in [-0.4, -0.2) is 35.0 Å². The van der Waals surface area contributed by atoms with Gasteiger partial charge in [-0.05, 0) is 55.2 Å². The molecule has 1 aliphatic carbocycles. The Morgan fingerprint density at radius 3 is 2.24 bits per heavy atom. The van der Waals surface area contributed by atoms with Crippen LogP contribution >= 0.6 is 11.6 Å². The summed E-state index contributed by atoms with van der Waals surface area (Å²) in [5.41, 5.74) is -1.02. The molecule has 2 aromatic rings. The SMILES string of the molecule is C=C([C@H]1C[C@H](NC(=O)c2ccc(S(C)(=O)=O)cc2Cl)C1)S(=O)(=O)c1cccc(C(F)(F)F)c1. The maximum atomic E-state index is 12.9. The van der Waals surface area contributed by atoms with E-state index in [4.69, 9.17) is 11.6 Å². The van der Waals surface area contributed by atoms with Crippen LogP contribution in [0.25, 0.3) is 0 Å². The first kappa shape index (κ1) is 25.3. The Morgan fingerprint density at radius 1 is 1.06 bits per heavy atom. The maximum Gasteiger partial charge on any atom is 0.416 e. The molecule has 2 aromatic carbocycles. The number of carbonyl (C=O) groups excluding carboxylic acids is 1. The maximum absolute atomic E-state index is 12.9. The summed E-state index contributed by atoms with van der Waals surface area (Å²) >= 11 is 6.03. The lowest BCUT2D eigenvalue weighted by atomic mass is 9.80. The number of hydrogen-bond donors (Lipinski definition) is 1. The van der Waals surface area contributed by atoms with E-state index in [9.17, 15) is 34.8 Å². The molecule has 1 N–H and O–H groups in total. The number of carbonyl (C=O) groups is 1. The number of sulfone groups is 2. The fourth-order valence-electron chi connectivity index (χ4n) is 3.38. The van der Waals surface area contributed by atoms with E-state index in [0.717, 1.165) is 24.5 Å². The first-order valence-electron chi connectivity index (χ1n) is 9.52. The second kappa shape index (κ2) is 8.77. The van der Waals surface area contributed by atoms with E-state index in [1.807, 2.05) is 0 Å². The van der Waals surface area contributed by atoms with Crippen LogP contribution in [0.2, 0.25) is 5.02 Å². The molecule has 1 fully saturated rings. The van der Waals surface area contributed by atoms with Crippen LogP contribution in [0.4, 0.5) is 13.2 Å². The fourth-order valence-corrected chi connectivity index (χ4v) is 5.83. The zero-order valence-corrected chi connectivity index (χ0v) is 19.6. The van der Waals surface area contributed by atoms with Crippen LogP contribution in [0.3, 0.4) is 0 Å². The monoisotopic (exact) mass is 521 g/mol. The van der Waals surface area contributed by atoms with Gasteiger partial charge in [0.2, 0.25) is 9.84 Å². The Labute approximate surface area is 194 Å². The van der Waals surface area contributed by atoms with E-state index in [2.05, 4.69) is 11.9 Å². The van der Waals surface area contributed by atoms with Gasteiger partial charge < -0.3 is 5.32 Å². The van der Waals surface area contributed by atoms with E-state index in [1.54, 1.807) is 0 Å². The molecule has 0 saturated heterocycles. The van der Waals surface area contributed by atoms with Crippen LogP contribution in [0.5, 0.6) is 0 Å². The molecule has 178 valence electrons. The summed E-state index contributed by atoms with van der Waals surface area (Å²) in [6.07, 6.45) is -3.23. The van der Waals surface area contributed by atoms with Gasteiger partial charge in [-0.15, -0.1) is 0 Å². The molecule has 0 aliphatic heterocycles. The Morgan fingerprint density at radius 2 is 1.70 bits per heavy atom. The molecule has 0 atom stereocenters. The first-order valence-corrected chi connectivity index (χ1v) is 13.3. The van der Waals surface area contributed by atoms with Crippen LogP contribution < -0.4 is 5.32 Å². The van der Waals surface area contributed by atoms with Gasteiger partial charge in [-0.25, -0.2) is 16.8 Å². The molecule has 6 nitrogen and oxygen atoms in total. The normalized spacial score (nSPS) is 18.9. The molecule has 12 heteroatoms. The molecular formula is C21H19ClF3NO5S2. The zero-order chi connectivity index (χ0) is 24.8. The zero-order valence-electron chi connectivity index (χ0n) is 17.2. The predicted molar refractivity (Wildman–Crippen MR) is 116 cm³/mol. The van der Waals surface area contributed by atoms with Crippen molar-refractivity contribution in [1.82, 2.24) is 5.32 Å². The topological polar surface area (TPSA) is 97.4 Å². The van der Waals surface area contributed by atoms with Crippen LogP contribution in [0.15, 0.2) is 63.7 Å². The summed E-state index contributed by atoms with van der Waals surface area (Å²) < 4.78 is 87.4. The Kier molecular flexibility index (Phi) is 6.71. The van der Waals surface area contributed by atoms with E-state index in [1.165, 1.54) is 18.2 Å². The Bertz CT molecular complexity index is 1330. The summed E-state index contributed by atoms with van der Waals surface area (Å²) in [6, 6.07) is 6.75. The van der Waals surface area contributed by atoms with Gasteiger partial charge in [-0.1, -0.05) is 24.2 Å². The Balaban J connectivity index is 1.65. The van der Waals surface area contributed by atoms with Crippen molar-refractivity contribution < 1.29 is 34.8 Å². The van der Waals surface area contributed by atoms with Crippen molar-refractivity contribution in [3.05, 3.63) is 70.1 Å². The van der Waals surface area contributed by atoms with E-state index in [0.29, 0.717) is 6.07 Å². The first-order chi connectivity index (χ1) is 15.1. The summed E-state index contributed by atoms with van der Waals surface area (Å²) in [5, 5.41) is 2.63. The largest absolute Gasteiger partial charge is 0.416 e. The van der Waals surface area contributed by atoms with Crippen LogP contribution in [0.1, 0.15) is 28.8 Å². The van der Waals surface area contributed by atoms with Crippen LogP contribution in [0, 0.1) is 5.92 Å². The van der Waals surface area contributed by atoms with Crippen molar-refractivity contribution in [2.45, 2.75) is 34.9 Å². The predicted octanol–water partition coefficient (Wildman–Crippen LogP) is 4.26. The van der Waals surface area contributed by atoms with Gasteiger partial charge in [-0.2, -0.15) is 13.2 Å². The minimum atomic E-state index is -4.68. The molecule has 1 amide bonds. The standard InChI is InChI=1S/C21H19ClF3NO5S2/c1-12(33(30,31)17-5-3-4-14(10-17)21(23,24)25)13-8-15(9-13)26-20(27)18-7-6-16(11-19(18)22)32(2,28)29/h3-7,10-11,13,15H,1,8-9H2,2H3,(H,26,27)/t13-,15-. The lowest BCUT2D eigenvalue weighted by Crippen LogP contribution is -2.45. The van der Waals surface area contributed by atoms with Gasteiger partial charge in [0.15, 0.2) is 9.84 Å². The molecule has 3 rings (SSSR count). The van der Waals surface area contributed by atoms with Gasteiger partial charge >= 0.3 is 6.18 Å². The third kappa shape index (κ3) is 5.42. The van der Waals surface area contributed by atoms with Crippen molar-refractivity contribution in [1.29, 1.82) is 0 Å². The number of halogens is 4. The van der Waals surface area contributed by atoms with E-state index >= 15 is 0 Å². The molecule has 1 saturated carbocycles. The van der Waals surface area contributed by atoms with Gasteiger partial charge in [-0.3, -0.25) is 4.79 Å². The number of benzene rings is 2. The number of hydrogen-bond acceptors (Lipinski definition) is 5. The van der Waals surface area contributed by atoms with E-state index < -0.39 is 54.2 Å². The fraction of sp³-hybridized carbons (Fsp3) is 0.286. The average Bonchev–Trinajstić information content (AvgIpc) is 2.68. The number of amides is 1. The molecule has 0 radical (unpaired) electrons. The summed E-state index contributed by atoms with van der Waals surface area (Å²) in [4.78, 5) is 11.7. The lowest BCUT2D eigenvalue weighted by molar-refractivity contribution is -0.137. The average molecular weight is 522 g/mol. The number of nitrogens with one attached hydrogen (secondary N) is 1. The van der Waals surface area contributed by atoms with Crippen molar-refractivity contribution in [3.63, 3.8) is 0 Å². The highest BCUT2D eigenvalue weighted by molar-refractivity contribution is 7.95. The summed E-state index contributed by atoms with van der Waals surface area (Å²) in [7, 11) is -7.69. The molecule has 0 heterocycles. The number of allylic oxidation sites excluding steroid dienone is 1. The highest BCUT2D eigenvalue weighted by Crippen LogP contribution is 2.39. The van der Waals surface area contributed by atoms with Gasteiger partial charge in [0.05, 0.1) is 25.9 Å². The highest BCUT2D eigenvalue weighted by atomic mass is 35.5. The smallest absolute Gasteiger partial charge is 0.349 e. The third-order valence-corrected chi connectivity index (χ3v) is 8.68. The molecule has 0 unspecified atom stereocenters. The van der Waals surface area contributed by atoms with Crippen molar-refractivity contribution in [2.24, 2.45) is 5.92 Å². The van der Waals surface area contributed by atoms with Gasteiger partial charge in [0.25, 0.3) is 5.91 Å². The second-order valence-corrected chi connectivity index (χ2v) is 12.2. The minimum absolute atomic E-state index is 0.0381. The molecule has 0 bridgehead atoms. The molecule has 0 aromatic heterocycles. The van der Waals surface area contributed by atoms with Gasteiger partial charge in [0.1, 0.15) is 0 Å². The van der Waals surface area contributed by atoms with E-state index in [-0.39, 0.29) is 33.2 Å². The van der Waals surface area contributed by atoms with Crippen molar-refractivity contribution in [3.8, 4) is 0 Å². The summed E-state index contributed by atoms with van der Waals surface area (Å²) in [6.45, 7) is 3.58. The molecule has 0 spiro atoms. The third-order valence-electron chi connectivity index (χ3n) is 5.36. The summed E-state index contributed by atoms with van der Waals surface area (Å²) in [5.74, 6) is -1.10. The molecular weight excluding hydrogens is 503 g/mol. The number of alkyl halides is 3. The molecule has 1 aliphatic rings. The quantitative estimate of drug-likeness (QED) is 0.612. The van der Waals surface area contributed by atoms with Crippen molar-refractivity contribution >= 4 is 37.2 Å². The second-order valence-electron chi connectivity index (χ2n) is 7.75. The highest BCUT2D eigenvalue weighted by Gasteiger charge is 2.38. The van der Waals surface area contributed by atoms with Crippen LogP contribution in [-0.2, 0) is 25.9 Å². The molecule has 33 heavy (non-hydrogen) atoms. The lowest BCUT2D eigenvalue weighted by Gasteiger charge is -2.36. The minimum Gasteiger partial charge on any atom is -0.349 e. The Hall–Kier alpha value is -2.37. The van der Waals surface area contributed by atoms with Crippen molar-refractivity contribution in [2.75, 3.05) is 6.26 Å². The number of rotatable bonds is 6. The van der Waals surface area contributed by atoms with Gasteiger partial charge in [0, 0.05) is 17.2 Å².